The van der Waals surface area contributed by atoms with E-state index >= 15 is 0 Å². The van der Waals surface area contributed by atoms with Crippen molar-refractivity contribution in [1.82, 2.24) is 15.5 Å². The molecule has 1 atom stereocenters. The molecule has 1 amide bonds. The highest BCUT2D eigenvalue weighted by molar-refractivity contribution is 5.81. The predicted octanol–water partition coefficient (Wildman–Crippen LogP) is 0.731. The van der Waals surface area contributed by atoms with E-state index in [4.69, 9.17) is 0 Å². The SMILES string of the molecule is O=C(NCCN1CCCCCC1)[C@@H]1CCCN1. The molecule has 0 aliphatic carbocycles. The Morgan fingerprint density at radius 1 is 1.18 bits per heavy atom. The van der Waals surface area contributed by atoms with Gasteiger partial charge in [-0.15, -0.1) is 0 Å². The normalized spacial score (nSPS) is 26.7. The summed E-state index contributed by atoms with van der Waals surface area (Å²) in [5, 5.41) is 6.28. The van der Waals surface area contributed by atoms with Gasteiger partial charge in [-0.1, -0.05) is 12.8 Å². The van der Waals surface area contributed by atoms with Crippen LogP contribution in [0.1, 0.15) is 38.5 Å². The average molecular weight is 239 g/mol. The van der Waals surface area contributed by atoms with Crippen molar-refractivity contribution < 1.29 is 4.79 Å². The van der Waals surface area contributed by atoms with E-state index in [1.54, 1.807) is 0 Å². The van der Waals surface area contributed by atoms with Crippen LogP contribution in [0.2, 0.25) is 0 Å². The Hall–Kier alpha value is -0.610. The minimum Gasteiger partial charge on any atom is -0.353 e. The molecular weight excluding hydrogens is 214 g/mol. The number of rotatable bonds is 4. The van der Waals surface area contributed by atoms with Crippen molar-refractivity contribution in [3.8, 4) is 0 Å². The molecule has 0 bridgehead atoms. The Balaban J connectivity index is 1.59. The zero-order valence-electron chi connectivity index (χ0n) is 10.7. The number of carbonyl (C=O) groups is 1. The molecular formula is C13H25N3O. The van der Waals surface area contributed by atoms with E-state index in [0.29, 0.717) is 0 Å². The average Bonchev–Trinajstić information content (AvgIpc) is 2.75. The number of hydrogen-bond donors (Lipinski definition) is 2. The Labute approximate surface area is 104 Å². The summed E-state index contributed by atoms with van der Waals surface area (Å²) in [5.41, 5.74) is 0. The molecule has 2 N–H and O–H groups in total. The molecule has 2 heterocycles. The molecule has 0 saturated carbocycles. The van der Waals surface area contributed by atoms with Gasteiger partial charge in [-0.25, -0.2) is 0 Å². The van der Waals surface area contributed by atoms with Crippen LogP contribution < -0.4 is 10.6 Å². The maximum atomic E-state index is 11.8. The molecule has 98 valence electrons. The van der Waals surface area contributed by atoms with Gasteiger partial charge in [0.05, 0.1) is 6.04 Å². The second kappa shape index (κ2) is 6.97. The van der Waals surface area contributed by atoms with Crippen LogP contribution in [0.4, 0.5) is 0 Å². The highest BCUT2D eigenvalue weighted by atomic mass is 16.2. The van der Waals surface area contributed by atoms with Crippen molar-refractivity contribution in [2.75, 3.05) is 32.7 Å². The number of amides is 1. The monoisotopic (exact) mass is 239 g/mol. The number of nitrogens with zero attached hydrogens (tertiary/aromatic N) is 1. The van der Waals surface area contributed by atoms with Gasteiger partial charge >= 0.3 is 0 Å². The molecule has 2 saturated heterocycles. The largest absolute Gasteiger partial charge is 0.353 e. The van der Waals surface area contributed by atoms with Crippen molar-refractivity contribution >= 4 is 5.91 Å². The third kappa shape index (κ3) is 4.28. The van der Waals surface area contributed by atoms with Gasteiger partial charge in [0.15, 0.2) is 0 Å². The fourth-order valence-corrected chi connectivity index (χ4v) is 2.73. The third-order valence-corrected chi connectivity index (χ3v) is 3.80. The summed E-state index contributed by atoms with van der Waals surface area (Å²) < 4.78 is 0. The lowest BCUT2D eigenvalue weighted by Gasteiger charge is -2.20. The zero-order valence-corrected chi connectivity index (χ0v) is 10.7. The van der Waals surface area contributed by atoms with Crippen LogP contribution in [0, 0.1) is 0 Å². The lowest BCUT2D eigenvalue weighted by molar-refractivity contribution is -0.122. The van der Waals surface area contributed by atoms with E-state index in [1.807, 2.05) is 0 Å². The molecule has 0 aromatic rings. The first-order chi connectivity index (χ1) is 8.36. The molecule has 17 heavy (non-hydrogen) atoms. The second-order valence-corrected chi connectivity index (χ2v) is 5.20. The third-order valence-electron chi connectivity index (χ3n) is 3.80. The van der Waals surface area contributed by atoms with Crippen LogP contribution >= 0.6 is 0 Å². The van der Waals surface area contributed by atoms with Gasteiger partial charge in [0.1, 0.15) is 0 Å². The van der Waals surface area contributed by atoms with Gasteiger partial charge in [0, 0.05) is 13.1 Å². The number of carbonyl (C=O) groups excluding carboxylic acids is 1. The predicted molar refractivity (Wildman–Crippen MR) is 68.9 cm³/mol. The molecule has 2 fully saturated rings. The van der Waals surface area contributed by atoms with Gasteiger partial charge in [0.25, 0.3) is 0 Å². The van der Waals surface area contributed by atoms with E-state index in [2.05, 4.69) is 15.5 Å². The van der Waals surface area contributed by atoms with Gasteiger partial charge < -0.3 is 15.5 Å². The summed E-state index contributed by atoms with van der Waals surface area (Å²) in [6.45, 7) is 5.22. The fourth-order valence-electron chi connectivity index (χ4n) is 2.73. The Bertz CT molecular complexity index is 231. The van der Waals surface area contributed by atoms with Gasteiger partial charge in [-0.05, 0) is 45.3 Å². The first kappa shape index (κ1) is 12.8. The van der Waals surface area contributed by atoms with Gasteiger partial charge in [-0.2, -0.15) is 0 Å². The van der Waals surface area contributed by atoms with E-state index < -0.39 is 0 Å². The van der Waals surface area contributed by atoms with E-state index in [-0.39, 0.29) is 11.9 Å². The minimum atomic E-state index is 0.0686. The first-order valence-electron chi connectivity index (χ1n) is 7.10. The maximum Gasteiger partial charge on any atom is 0.237 e. The summed E-state index contributed by atoms with van der Waals surface area (Å²) in [5.74, 6) is 0.192. The summed E-state index contributed by atoms with van der Waals surface area (Å²) >= 11 is 0. The standard InChI is InChI=1S/C13H25N3O/c17-13(12-6-5-7-14-12)15-8-11-16-9-3-1-2-4-10-16/h12,14H,1-11H2,(H,15,17)/t12-/m0/s1. The van der Waals surface area contributed by atoms with Crippen LogP contribution in [0.3, 0.4) is 0 Å². The lowest BCUT2D eigenvalue weighted by Crippen LogP contribution is -2.43. The molecule has 2 aliphatic heterocycles. The molecule has 0 aromatic heterocycles. The molecule has 4 heteroatoms. The number of nitrogens with one attached hydrogen (secondary N) is 2. The molecule has 0 spiro atoms. The molecule has 4 nitrogen and oxygen atoms in total. The lowest BCUT2D eigenvalue weighted by atomic mass is 10.2. The van der Waals surface area contributed by atoms with Gasteiger partial charge in [0.2, 0.25) is 5.91 Å². The second-order valence-electron chi connectivity index (χ2n) is 5.20. The van der Waals surface area contributed by atoms with Crippen LogP contribution in [0.5, 0.6) is 0 Å². The van der Waals surface area contributed by atoms with Crippen molar-refractivity contribution in [2.45, 2.75) is 44.6 Å². The maximum absolute atomic E-state index is 11.8. The van der Waals surface area contributed by atoms with Crippen molar-refractivity contribution in [1.29, 1.82) is 0 Å². The Kier molecular flexibility index (Phi) is 5.26. The molecule has 2 rings (SSSR count). The Morgan fingerprint density at radius 3 is 2.59 bits per heavy atom. The smallest absolute Gasteiger partial charge is 0.237 e. The summed E-state index contributed by atoms with van der Waals surface area (Å²) in [6, 6.07) is 0.0686. The first-order valence-corrected chi connectivity index (χ1v) is 7.10. The highest BCUT2D eigenvalue weighted by Crippen LogP contribution is 2.09. The van der Waals surface area contributed by atoms with Crippen molar-refractivity contribution in [3.63, 3.8) is 0 Å². The van der Waals surface area contributed by atoms with Crippen molar-refractivity contribution in [3.05, 3.63) is 0 Å². The highest BCUT2D eigenvalue weighted by Gasteiger charge is 2.21. The molecule has 2 aliphatic rings. The van der Waals surface area contributed by atoms with Crippen LogP contribution in [0.15, 0.2) is 0 Å². The number of likely N-dealkylation sites (tertiary alicyclic amines) is 1. The number of hydrogen-bond acceptors (Lipinski definition) is 3. The van der Waals surface area contributed by atoms with E-state index in [9.17, 15) is 4.79 Å². The summed E-state index contributed by atoms with van der Waals surface area (Å²) in [7, 11) is 0. The quantitative estimate of drug-likeness (QED) is 0.760. The summed E-state index contributed by atoms with van der Waals surface area (Å²) in [4.78, 5) is 14.2. The van der Waals surface area contributed by atoms with Crippen LogP contribution in [0.25, 0.3) is 0 Å². The van der Waals surface area contributed by atoms with Crippen molar-refractivity contribution in [2.24, 2.45) is 0 Å². The zero-order chi connectivity index (χ0) is 11.9. The van der Waals surface area contributed by atoms with Crippen LogP contribution in [-0.2, 0) is 4.79 Å². The van der Waals surface area contributed by atoms with Crippen LogP contribution in [-0.4, -0.2) is 49.6 Å². The minimum absolute atomic E-state index is 0.0686. The van der Waals surface area contributed by atoms with E-state index in [1.165, 1.54) is 38.8 Å². The molecule has 0 radical (unpaired) electrons. The fraction of sp³-hybridized carbons (Fsp3) is 0.923. The Morgan fingerprint density at radius 2 is 1.94 bits per heavy atom. The van der Waals surface area contributed by atoms with E-state index in [0.717, 1.165) is 32.5 Å². The molecule has 0 aromatic carbocycles. The molecule has 0 unspecified atom stereocenters. The topological polar surface area (TPSA) is 44.4 Å². The van der Waals surface area contributed by atoms with Gasteiger partial charge in [-0.3, -0.25) is 4.79 Å². The summed E-state index contributed by atoms with van der Waals surface area (Å²) in [6.07, 6.45) is 7.50.